The zero-order valence-corrected chi connectivity index (χ0v) is 21.7. The molecule has 0 amide bonds. The molecule has 0 bridgehead atoms. The van der Waals surface area contributed by atoms with Crippen LogP contribution in [0.25, 0.3) is 0 Å². The van der Waals surface area contributed by atoms with E-state index in [9.17, 15) is 28.8 Å². The molecule has 10 heteroatoms. The number of hydrogen-bond acceptors (Lipinski definition) is 8. The first-order valence-corrected chi connectivity index (χ1v) is 13.5. The normalized spacial score (nSPS) is 13.0. The van der Waals surface area contributed by atoms with Crippen molar-refractivity contribution in [2.24, 2.45) is 10.8 Å². The molecule has 0 unspecified atom stereocenters. The lowest BCUT2D eigenvalue weighted by Crippen LogP contribution is -2.67. The van der Waals surface area contributed by atoms with Crippen LogP contribution in [0.1, 0.15) is 82.1 Å². The van der Waals surface area contributed by atoms with Crippen LogP contribution >= 0.6 is 0 Å². The molecule has 170 valence electrons. The molecule has 0 saturated heterocycles. The summed E-state index contributed by atoms with van der Waals surface area (Å²) in [6.45, 7) is 14.7. The van der Waals surface area contributed by atoms with Gasteiger partial charge in [-0.2, -0.15) is 0 Å². The molecule has 0 aliphatic carbocycles. The predicted octanol–water partition coefficient (Wildman–Crippen LogP) is 2.43. The smallest absolute Gasteiger partial charge is 0.301 e. The Kier molecular flexibility index (Phi) is 9.15. The average Bonchev–Trinajstić information content (AvgIpc) is 2.46. The zero-order chi connectivity index (χ0) is 24.3. The van der Waals surface area contributed by atoms with Crippen LogP contribution in [0.5, 0.6) is 0 Å². The summed E-state index contributed by atoms with van der Waals surface area (Å²) in [6.07, 6.45) is -0.293. The fraction of sp³-hybridized carbons (Fsp3) is 0.700. The van der Waals surface area contributed by atoms with Crippen molar-refractivity contribution in [3.05, 3.63) is 0 Å². The number of hydrogen-bond donors (Lipinski definition) is 0. The van der Waals surface area contributed by atoms with Crippen LogP contribution in [0.4, 0.5) is 0 Å². The third-order valence-electron chi connectivity index (χ3n) is 4.44. The van der Waals surface area contributed by atoms with Gasteiger partial charge in [-0.25, -0.2) is 0 Å². The van der Waals surface area contributed by atoms with Gasteiger partial charge in [0.2, 0.25) is 0 Å². The molecule has 0 rings (SSSR count). The third-order valence-corrected chi connectivity index (χ3v) is 11.2. The Labute approximate surface area is 180 Å². The minimum Gasteiger partial charge on any atom is -0.301 e. The number of carbonyl (C=O) groups excluding carboxylic acids is 6. The van der Waals surface area contributed by atoms with Gasteiger partial charge in [0, 0.05) is 12.8 Å². The Bertz CT molecular complexity index is 664. The van der Waals surface area contributed by atoms with Gasteiger partial charge in [-0.3, -0.25) is 9.15 Å². The molecule has 0 N–H and O–H groups in total. The van der Waals surface area contributed by atoms with Gasteiger partial charge in [0.1, 0.15) is 0 Å². The van der Waals surface area contributed by atoms with Crippen molar-refractivity contribution >= 4 is 49.1 Å². The Balaban J connectivity index is 6.44. The highest BCUT2D eigenvalue weighted by Crippen LogP contribution is 2.28. The fourth-order valence-corrected chi connectivity index (χ4v) is 8.72. The first-order valence-electron chi connectivity index (χ1n) is 9.71. The molecule has 0 aromatic rings. The second kappa shape index (κ2) is 9.67. The predicted molar refractivity (Wildman–Crippen MR) is 115 cm³/mol. The van der Waals surface area contributed by atoms with Crippen molar-refractivity contribution < 1.29 is 37.9 Å². The van der Waals surface area contributed by atoms with Crippen molar-refractivity contribution in [1.29, 1.82) is 0 Å². The van der Waals surface area contributed by atoms with Crippen molar-refractivity contribution in [3.63, 3.8) is 0 Å². The second-order valence-corrected chi connectivity index (χ2v) is 17.1. The molecule has 0 aliphatic rings. The molecule has 8 nitrogen and oxygen atoms in total. The molecule has 0 radical (unpaired) electrons. The van der Waals surface area contributed by atoms with E-state index in [1.807, 2.05) is 0 Å². The second-order valence-electron chi connectivity index (χ2n) is 10.1. The highest BCUT2D eigenvalue weighted by Gasteiger charge is 2.62. The van der Waals surface area contributed by atoms with Crippen molar-refractivity contribution in [2.45, 2.75) is 82.1 Å². The van der Waals surface area contributed by atoms with Gasteiger partial charge >= 0.3 is 16.6 Å². The van der Waals surface area contributed by atoms with Gasteiger partial charge in [-0.1, -0.05) is 41.5 Å². The van der Waals surface area contributed by atoms with E-state index in [0.717, 1.165) is 27.7 Å². The van der Waals surface area contributed by atoms with E-state index in [1.165, 1.54) is 0 Å². The molecule has 0 aromatic carbocycles. The fourth-order valence-electron chi connectivity index (χ4n) is 2.95. The van der Waals surface area contributed by atoms with Gasteiger partial charge in [0.05, 0.1) is 0 Å². The summed E-state index contributed by atoms with van der Waals surface area (Å²) in [5.41, 5.74) is -1.11. The molecule has 30 heavy (non-hydrogen) atoms. The lowest BCUT2D eigenvalue weighted by atomic mass is 9.93. The lowest BCUT2D eigenvalue weighted by Gasteiger charge is -2.32. The zero-order valence-electron chi connectivity index (χ0n) is 19.7. The van der Waals surface area contributed by atoms with Gasteiger partial charge in [-0.15, -0.1) is 0 Å². The van der Waals surface area contributed by atoms with E-state index in [1.54, 1.807) is 41.5 Å². The van der Waals surface area contributed by atoms with Crippen molar-refractivity contribution in [1.82, 2.24) is 0 Å². The van der Waals surface area contributed by atoms with E-state index < -0.39 is 59.9 Å². The highest BCUT2D eigenvalue weighted by atomic mass is 28.4. The van der Waals surface area contributed by atoms with Crippen LogP contribution in [0.2, 0.25) is 0 Å². The molecule has 0 aliphatic heterocycles. The third kappa shape index (κ3) is 6.43. The van der Waals surface area contributed by atoms with E-state index in [0.29, 0.717) is 0 Å². The van der Waals surface area contributed by atoms with E-state index in [-0.39, 0.29) is 12.8 Å². The Morgan fingerprint density at radius 3 is 0.867 bits per heavy atom. The monoisotopic (exact) mass is 458 g/mol. The summed E-state index contributed by atoms with van der Waals surface area (Å²) >= 11 is 0. The van der Waals surface area contributed by atoms with Crippen LogP contribution in [-0.2, 0) is 37.9 Å². The standard InChI is InChI=1S/C20H34O8Si2/c1-13(21)29(14(2)22,17(25)11-19(5,6)7)27-28-30(15(3)23,16(4)24)18(26)12-20(8,9)10/h11-12H2,1-10H3. The highest BCUT2D eigenvalue weighted by molar-refractivity contribution is 7.38. The molecule has 0 heterocycles. The summed E-state index contributed by atoms with van der Waals surface area (Å²) < 4.78 is 10.5. The van der Waals surface area contributed by atoms with Gasteiger partial charge in [0.25, 0.3) is 0 Å². The summed E-state index contributed by atoms with van der Waals surface area (Å²) in [5, 5.41) is -4.73. The maximum Gasteiger partial charge on any atom is 0.436 e. The minimum absolute atomic E-state index is 0.146. The molecule has 0 fully saturated rings. The number of rotatable bonds is 11. The maximum absolute atomic E-state index is 13.0. The topological polar surface area (TPSA) is 121 Å². The summed E-state index contributed by atoms with van der Waals surface area (Å²) in [6, 6.07) is 0. The minimum atomic E-state index is -4.53. The summed E-state index contributed by atoms with van der Waals surface area (Å²) in [7, 11) is -9.06. The van der Waals surface area contributed by atoms with Crippen molar-refractivity contribution in [3.8, 4) is 0 Å². The van der Waals surface area contributed by atoms with Crippen LogP contribution < -0.4 is 0 Å². The lowest BCUT2D eigenvalue weighted by molar-refractivity contribution is -0.160. The van der Waals surface area contributed by atoms with E-state index in [4.69, 9.17) is 9.15 Å². The molecule has 0 atom stereocenters. The molecule has 0 saturated carbocycles. The Hall–Kier alpha value is -1.63. The summed E-state index contributed by atoms with van der Waals surface area (Å²) in [5.74, 6) is 0. The number of carbonyl (C=O) groups is 6. The van der Waals surface area contributed by atoms with Gasteiger partial charge < -0.3 is 28.8 Å². The average molecular weight is 459 g/mol. The van der Waals surface area contributed by atoms with Crippen LogP contribution in [0, 0.1) is 10.8 Å². The SMILES string of the molecule is CC(=O)[Si](OO[Si](C(C)=O)(C(C)=O)C(=O)CC(C)(C)C)(C(C)=O)C(=O)CC(C)(C)C. The Morgan fingerprint density at radius 2 is 0.733 bits per heavy atom. The van der Waals surface area contributed by atoms with Gasteiger partial charge in [-0.05, 0) is 38.5 Å². The molecule has 0 spiro atoms. The largest absolute Gasteiger partial charge is 0.436 e. The van der Waals surface area contributed by atoms with Crippen LogP contribution in [-0.4, -0.2) is 49.1 Å². The maximum atomic E-state index is 13.0. The summed E-state index contributed by atoms with van der Waals surface area (Å²) in [4.78, 5) is 75.9. The van der Waals surface area contributed by atoms with E-state index in [2.05, 4.69) is 0 Å². The quantitative estimate of drug-likeness (QED) is 0.263. The van der Waals surface area contributed by atoms with Crippen LogP contribution in [0.15, 0.2) is 0 Å². The van der Waals surface area contributed by atoms with E-state index >= 15 is 0 Å². The van der Waals surface area contributed by atoms with Crippen molar-refractivity contribution in [2.75, 3.05) is 0 Å². The Morgan fingerprint density at radius 1 is 0.533 bits per heavy atom. The molecular formula is C20H34O8Si2. The first-order chi connectivity index (χ1) is 13.2. The van der Waals surface area contributed by atoms with Crippen LogP contribution in [0.3, 0.4) is 0 Å². The molecular weight excluding hydrogens is 424 g/mol. The van der Waals surface area contributed by atoms with Gasteiger partial charge in [0.15, 0.2) is 32.4 Å². The molecule has 0 aromatic heterocycles. The first kappa shape index (κ1) is 28.4.